The van der Waals surface area contributed by atoms with Crippen LogP contribution in [0.15, 0.2) is 24.3 Å². The van der Waals surface area contributed by atoms with Crippen molar-refractivity contribution in [2.45, 2.75) is 38.6 Å². The summed E-state index contributed by atoms with van der Waals surface area (Å²) in [7, 11) is 1.64. The molecule has 0 saturated carbocycles. The standard InChI is InChI=1S/C15H24N2O2/c1-11(9-14(18)17-15(2,3)10-16)12-5-7-13(19-4)8-6-12/h5-8,11H,9-10,16H2,1-4H3,(H,17,18). The van der Waals surface area contributed by atoms with Gasteiger partial charge in [-0.2, -0.15) is 0 Å². The summed E-state index contributed by atoms with van der Waals surface area (Å²) >= 11 is 0. The van der Waals surface area contributed by atoms with E-state index in [1.54, 1.807) is 7.11 Å². The Labute approximate surface area is 115 Å². The van der Waals surface area contributed by atoms with Crippen molar-refractivity contribution >= 4 is 5.91 Å². The van der Waals surface area contributed by atoms with E-state index >= 15 is 0 Å². The fraction of sp³-hybridized carbons (Fsp3) is 0.533. The van der Waals surface area contributed by atoms with E-state index in [0.29, 0.717) is 13.0 Å². The molecule has 4 heteroatoms. The van der Waals surface area contributed by atoms with Crippen molar-refractivity contribution in [1.29, 1.82) is 0 Å². The van der Waals surface area contributed by atoms with Crippen LogP contribution in [0, 0.1) is 0 Å². The van der Waals surface area contributed by atoms with Gasteiger partial charge in [0.2, 0.25) is 5.91 Å². The van der Waals surface area contributed by atoms with Gasteiger partial charge in [0.15, 0.2) is 0 Å². The van der Waals surface area contributed by atoms with Crippen LogP contribution in [0.3, 0.4) is 0 Å². The minimum Gasteiger partial charge on any atom is -0.497 e. The molecule has 1 aromatic rings. The Kier molecular flexibility index (Phi) is 5.36. The van der Waals surface area contributed by atoms with Crippen molar-refractivity contribution in [3.8, 4) is 5.75 Å². The number of benzene rings is 1. The molecule has 0 heterocycles. The Morgan fingerprint density at radius 1 is 1.37 bits per heavy atom. The molecule has 0 aliphatic carbocycles. The maximum atomic E-state index is 11.9. The first-order chi connectivity index (χ1) is 8.88. The Balaban J connectivity index is 2.58. The average molecular weight is 264 g/mol. The molecule has 0 saturated heterocycles. The highest BCUT2D eigenvalue weighted by Gasteiger charge is 2.20. The van der Waals surface area contributed by atoms with Crippen molar-refractivity contribution < 1.29 is 9.53 Å². The van der Waals surface area contributed by atoms with Crippen LogP contribution in [0.25, 0.3) is 0 Å². The van der Waals surface area contributed by atoms with Crippen LogP contribution < -0.4 is 15.8 Å². The van der Waals surface area contributed by atoms with Crippen molar-refractivity contribution in [1.82, 2.24) is 5.32 Å². The molecular weight excluding hydrogens is 240 g/mol. The molecule has 0 aromatic heterocycles. The van der Waals surface area contributed by atoms with Gasteiger partial charge in [0.05, 0.1) is 7.11 Å². The lowest BCUT2D eigenvalue weighted by Gasteiger charge is -2.25. The van der Waals surface area contributed by atoms with Crippen molar-refractivity contribution in [2.75, 3.05) is 13.7 Å². The number of rotatable bonds is 6. The fourth-order valence-electron chi connectivity index (χ4n) is 1.81. The zero-order valence-corrected chi connectivity index (χ0v) is 12.2. The Morgan fingerprint density at radius 2 is 1.95 bits per heavy atom. The SMILES string of the molecule is COc1ccc(C(C)CC(=O)NC(C)(C)CN)cc1. The van der Waals surface area contributed by atoms with Crippen LogP contribution in [0.1, 0.15) is 38.7 Å². The van der Waals surface area contributed by atoms with Crippen LogP contribution >= 0.6 is 0 Å². The van der Waals surface area contributed by atoms with Gasteiger partial charge in [-0.05, 0) is 37.5 Å². The summed E-state index contributed by atoms with van der Waals surface area (Å²) < 4.78 is 5.12. The highest BCUT2D eigenvalue weighted by Crippen LogP contribution is 2.22. The lowest BCUT2D eigenvalue weighted by Crippen LogP contribution is -2.49. The quantitative estimate of drug-likeness (QED) is 0.826. The monoisotopic (exact) mass is 264 g/mol. The van der Waals surface area contributed by atoms with E-state index < -0.39 is 0 Å². The van der Waals surface area contributed by atoms with Gasteiger partial charge in [-0.15, -0.1) is 0 Å². The number of carbonyl (C=O) groups is 1. The molecule has 1 unspecified atom stereocenters. The molecule has 1 atom stereocenters. The normalized spacial score (nSPS) is 12.9. The van der Waals surface area contributed by atoms with E-state index in [2.05, 4.69) is 5.32 Å². The molecule has 3 N–H and O–H groups in total. The van der Waals surface area contributed by atoms with Gasteiger partial charge < -0.3 is 15.8 Å². The summed E-state index contributed by atoms with van der Waals surface area (Å²) in [6.45, 7) is 6.30. The number of hydrogen-bond acceptors (Lipinski definition) is 3. The smallest absolute Gasteiger partial charge is 0.221 e. The van der Waals surface area contributed by atoms with E-state index in [-0.39, 0.29) is 17.4 Å². The molecule has 0 bridgehead atoms. The second kappa shape index (κ2) is 6.57. The number of hydrogen-bond donors (Lipinski definition) is 2. The molecule has 0 spiro atoms. The molecule has 106 valence electrons. The van der Waals surface area contributed by atoms with Gasteiger partial charge in [-0.1, -0.05) is 19.1 Å². The maximum absolute atomic E-state index is 11.9. The van der Waals surface area contributed by atoms with Crippen LogP contribution in [-0.4, -0.2) is 25.1 Å². The molecule has 1 rings (SSSR count). The molecule has 0 aliphatic rings. The van der Waals surface area contributed by atoms with Crippen molar-refractivity contribution in [3.63, 3.8) is 0 Å². The molecule has 1 amide bonds. The summed E-state index contributed by atoms with van der Waals surface area (Å²) in [6, 6.07) is 7.80. The first-order valence-corrected chi connectivity index (χ1v) is 6.53. The number of amides is 1. The molecule has 0 fully saturated rings. The minimum absolute atomic E-state index is 0.0266. The first-order valence-electron chi connectivity index (χ1n) is 6.53. The predicted octanol–water partition coefficient (Wildman–Crippen LogP) is 2.04. The highest BCUT2D eigenvalue weighted by molar-refractivity contribution is 5.77. The summed E-state index contributed by atoms with van der Waals surface area (Å²) in [5.41, 5.74) is 6.38. The van der Waals surface area contributed by atoms with Crippen LogP contribution in [0.2, 0.25) is 0 Å². The molecule has 19 heavy (non-hydrogen) atoms. The second-order valence-electron chi connectivity index (χ2n) is 5.51. The maximum Gasteiger partial charge on any atom is 0.221 e. The van der Waals surface area contributed by atoms with Gasteiger partial charge in [0, 0.05) is 18.5 Å². The van der Waals surface area contributed by atoms with Gasteiger partial charge in [0.25, 0.3) is 0 Å². The summed E-state index contributed by atoms with van der Waals surface area (Å²) in [6.07, 6.45) is 0.454. The Morgan fingerprint density at radius 3 is 2.42 bits per heavy atom. The third-order valence-corrected chi connectivity index (χ3v) is 3.16. The zero-order chi connectivity index (χ0) is 14.5. The van der Waals surface area contributed by atoms with Crippen LogP contribution in [0.5, 0.6) is 5.75 Å². The summed E-state index contributed by atoms with van der Waals surface area (Å²) in [5.74, 6) is 1.02. The van der Waals surface area contributed by atoms with Gasteiger partial charge in [-0.25, -0.2) is 0 Å². The van der Waals surface area contributed by atoms with E-state index in [1.807, 2.05) is 45.0 Å². The van der Waals surface area contributed by atoms with E-state index in [0.717, 1.165) is 11.3 Å². The Bertz CT molecular complexity index is 413. The van der Waals surface area contributed by atoms with Gasteiger partial charge in [0.1, 0.15) is 5.75 Å². The average Bonchev–Trinajstić information content (AvgIpc) is 2.38. The first kappa shape index (κ1) is 15.5. The van der Waals surface area contributed by atoms with Crippen molar-refractivity contribution in [2.24, 2.45) is 5.73 Å². The lowest BCUT2D eigenvalue weighted by atomic mass is 9.96. The van der Waals surface area contributed by atoms with E-state index in [1.165, 1.54) is 0 Å². The molecule has 4 nitrogen and oxygen atoms in total. The second-order valence-corrected chi connectivity index (χ2v) is 5.51. The lowest BCUT2D eigenvalue weighted by molar-refractivity contribution is -0.122. The third-order valence-electron chi connectivity index (χ3n) is 3.16. The Hall–Kier alpha value is -1.55. The summed E-state index contributed by atoms with van der Waals surface area (Å²) in [5, 5.41) is 2.94. The number of ether oxygens (including phenoxy) is 1. The summed E-state index contributed by atoms with van der Waals surface area (Å²) in [4.78, 5) is 11.9. The van der Waals surface area contributed by atoms with Crippen molar-refractivity contribution in [3.05, 3.63) is 29.8 Å². The van der Waals surface area contributed by atoms with E-state index in [4.69, 9.17) is 10.5 Å². The van der Waals surface area contributed by atoms with Crippen LogP contribution in [-0.2, 0) is 4.79 Å². The number of methoxy groups -OCH3 is 1. The van der Waals surface area contributed by atoms with Gasteiger partial charge >= 0.3 is 0 Å². The zero-order valence-electron chi connectivity index (χ0n) is 12.2. The number of nitrogens with one attached hydrogen (secondary N) is 1. The fourth-order valence-corrected chi connectivity index (χ4v) is 1.81. The topological polar surface area (TPSA) is 64.3 Å². The van der Waals surface area contributed by atoms with E-state index in [9.17, 15) is 4.79 Å². The van der Waals surface area contributed by atoms with Gasteiger partial charge in [-0.3, -0.25) is 4.79 Å². The minimum atomic E-state index is -0.350. The highest BCUT2D eigenvalue weighted by atomic mass is 16.5. The third kappa shape index (κ3) is 4.91. The number of carbonyl (C=O) groups excluding carboxylic acids is 1. The molecule has 1 aromatic carbocycles. The van der Waals surface area contributed by atoms with Crippen LogP contribution in [0.4, 0.5) is 0 Å². The molecule has 0 aliphatic heterocycles. The number of nitrogens with two attached hydrogens (primary N) is 1. The largest absolute Gasteiger partial charge is 0.497 e. The molecule has 0 radical (unpaired) electrons. The molecular formula is C15H24N2O2. The predicted molar refractivity (Wildman–Crippen MR) is 77.3 cm³/mol.